The highest BCUT2D eigenvalue weighted by Gasteiger charge is 2.09. The van der Waals surface area contributed by atoms with Crippen LogP contribution in [0.1, 0.15) is 12.5 Å². The van der Waals surface area contributed by atoms with Crippen LogP contribution in [0, 0.1) is 11.3 Å². The molecule has 0 radical (unpaired) electrons. The van der Waals surface area contributed by atoms with E-state index in [1.807, 2.05) is 11.4 Å². The van der Waals surface area contributed by atoms with Gasteiger partial charge in [0.25, 0.3) is 5.91 Å². The molecular formula is C17H19N3O6. The summed E-state index contributed by atoms with van der Waals surface area (Å²) in [7, 11) is 1.45. The van der Waals surface area contributed by atoms with Crippen molar-refractivity contribution in [3.63, 3.8) is 0 Å². The molecule has 0 aromatic heterocycles. The smallest absolute Gasteiger partial charge is 0.331 e. The van der Waals surface area contributed by atoms with Gasteiger partial charge in [0.2, 0.25) is 0 Å². The SMILES string of the molecule is CCNC(=O)NC(=O)COC(=O)/C=C/c1ccc(OCC#N)c(OC)c1. The Hall–Kier alpha value is -3.54. The highest BCUT2D eigenvalue weighted by Crippen LogP contribution is 2.28. The van der Waals surface area contributed by atoms with Crippen molar-refractivity contribution in [3.8, 4) is 17.6 Å². The zero-order valence-electron chi connectivity index (χ0n) is 14.4. The van der Waals surface area contributed by atoms with Crippen LogP contribution in [-0.4, -0.2) is 44.8 Å². The molecule has 26 heavy (non-hydrogen) atoms. The number of amides is 3. The fourth-order valence-electron chi connectivity index (χ4n) is 1.73. The summed E-state index contributed by atoms with van der Waals surface area (Å²) < 4.78 is 15.1. The van der Waals surface area contributed by atoms with E-state index in [-0.39, 0.29) is 6.61 Å². The first-order valence-corrected chi connectivity index (χ1v) is 7.60. The van der Waals surface area contributed by atoms with E-state index in [0.29, 0.717) is 23.6 Å². The Labute approximate surface area is 150 Å². The lowest BCUT2D eigenvalue weighted by Gasteiger charge is -2.08. The van der Waals surface area contributed by atoms with Crippen LogP contribution in [0.4, 0.5) is 4.79 Å². The molecule has 1 rings (SSSR count). The second-order valence-electron chi connectivity index (χ2n) is 4.71. The average molecular weight is 361 g/mol. The number of benzene rings is 1. The third kappa shape index (κ3) is 7.35. The van der Waals surface area contributed by atoms with E-state index in [0.717, 1.165) is 6.08 Å². The largest absolute Gasteiger partial charge is 0.493 e. The van der Waals surface area contributed by atoms with Gasteiger partial charge in [0.15, 0.2) is 24.7 Å². The predicted molar refractivity (Wildman–Crippen MR) is 91.3 cm³/mol. The maximum absolute atomic E-state index is 11.6. The van der Waals surface area contributed by atoms with Crippen LogP contribution >= 0.6 is 0 Å². The summed E-state index contributed by atoms with van der Waals surface area (Å²) in [6.45, 7) is 1.37. The van der Waals surface area contributed by atoms with Crippen LogP contribution in [-0.2, 0) is 14.3 Å². The average Bonchev–Trinajstić information content (AvgIpc) is 2.63. The molecular weight excluding hydrogens is 342 g/mol. The second kappa shape index (κ2) is 11.1. The fourth-order valence-corrected chi connectivity index (χ4v) is 1.73. The van der Waals surface area contributed by atoms with Crippen molar-refractivity contribution in [1.29, 1.82) is 5.26 Å². The van der Waals surface area contributed by atoms with Gasteiger partial charge < -0.3 is 19.5 Å². The number of nitrogens with one attached hydrogen (secondary N) is 2. The van der Waals surface area contributed by atoms with Crippen LogP contribution in [0.25, 0.3) is 6.08 Å². The van der Waals surface area contributed by atoms with E-state index >= 15 is 0 Å². The molecule has 0 spiro atoms. The molecule has 0 fully saturated rings. The molecule has 138 valence electrons. The minimum absolute atomic E-state index is 0.115. The van der Waals surface area contributed by atoms with E-state index in [1.54, 1.807) is 25.1 Å². The number of nitriles is 1. The van der Waals surface area contributed by atoms with Gasteiger partial charge in [-0.05, 0) is 30.7 Å². The Kier molecular flexibility index (Phi) is 8.75. The lowest BCUT2D eigenvalue weighted by molar-refractivity contribution is -0.143. The lowest BCUT2D eigenvalue weighted by Crippen LogP contribution is -2.41. The topological polar surface area (TPSA) is 127 Å². The Bertz CT molecular complexity index is 724. The standard InChI is InChI=1S/C17H19N3O6/c1-3-19-17(23)20-15(21)11-26-16(22)7-5-12-4-6-13(25-9-8-18)14(10-12)24-2/h4-7,10H,3,9,11H2,1-2H3,(H2,19,20,21,23)/b7-5+. The number of imide groups is 1. The van der Waals surface area contributed by atoms with Crippen molar-refractivity contribution in [2.24, 2.45) is 0 Å². The van der Waals surface area contributed by atoms with Gasteiger partial charge in [-0.2, -0.15) is 5.26 Å². The van der Waals surface area contributed by atoms with Gasteiger partial charge in [0.05, 0.1) is 7.11 Å². The number of esters is 1. The van der Waals surface area contributed by atoms with Crippen molar-refractivity contribution < 1.29 is 28.6 Å². The normalized spacial score (nSPS) is 9.88. The number of nitrogens with zero attached hydrogens (tertiary/aromatic N) is 1. The predicted octanol–water partition coefficient (Wildman–Crippen LogP) is 1.000. The van der Waals surface area contributed by atoms with E-state index in [9.17, 15) is 14.4 Å². The third-order valence-corrected chi connectivity index (χ3v) is 2.83. The molecule has 1 aromatic rings. The Balaban J connectivity index is 2.56. The van der Waals surface area contributed by atoms with Crippen LogP contribution < -0.4 is 20.1 Å². The Morgan fingerprint density at radius 2 is 2.04 bits per heavy atom. The maximum atomic E-state index is 11.6. The highest BCUT2D eigenvalue weighted by molar-refractivity contribution is 5.96. The first-order valence-electron chi connectivity index (χ1n) is 7.60. The van der Waals surface area contributed by atoms with Gasteiger partial charge in [-0.25, -0.2) is 9.59 Å². The van der Waals surface area contributed by atoms with Gasteiger partial charge in [-0.1, -0.05) is 6.07 Å². The Morgan fingerprint density at radius 3 is 2.69 bits per heavy atom. The van der Waals surface area contributed by atoms with E-state index in [4.69, 9.17) is 19.5 Å². The summed E-state index contributed by atoms with van der Waals surface area (Å²) in [6, 6.07) is 6.06. The molecule has 9 nitrogen and oxygen atoms in total. The molecule has 9 heteroatoms. The summed E-state index contributed by atoms with van der Waals surface area (Å²) in [5.74, 6) is -0.689. The first-order chi connectivity index (χ1) is 12.5. The molecule has 0 heterocycles. The van der Waals surface area contributed by atoms with Crippen molar-refractivity contribution in [2.45, 2.75) is 6.92 Å². The molecule has 2 N–H and O–H groups in total. The number of hydrogen-bond donors (Lipinski definition) is 2. The van der Waals surface area contributed by atoms with Crippen molar-refractivity contribution >= 4 is 24.0 Å². The maximum Gasteiger partial charge on any atom is 0.331 e. The second-order valence-corrected chi connectivity index (χ2v) is 4.71. The number of rotatable bonds is 8. The monoisotopic (exact) mass is 361 g/mol. The summed E-state index contributed by atoms with van der Waals surface area (Å²) in [5, 5.41) is 12.9. The number of hydrogen-bond acceptors (Lipinski definition) is 7. The molecule has 1 aromatic carbocycles. The number of urea groups is 1. The molecule has 0 aliphatic heterocycles. The number of carbonyl (C=O) groups excluding carboxylic acids is 3. The highest BCUT2D eigenvalue weighted by atomic mass is 16.5. The molecule has 0 bridgehead atoms. The summed E-state index contributed by atoms with van der Waals surface area (Å²) in [4.78, 5) is 34.1. The molecule has 0 aliphatic rings. The summed E-state index contributed by atoms with van der Waals surface area (Å²) >= 11 is 0. The number of methoxy groups -OCH3 is 1. The third-order valence-electron chi connectivity index (χ3n) is 2.83. The van der Waals surface area contributed by atoms with E-state index in [2.05, 4.69) is 5.32 Å². The quantitative estimate of drug-likeness (QED) is 0.522. The minimum Gasteiger partial charge on any atom is -0.493 e. The van der Waals surface area contributed by atoms with Crippen LogP contribution in [0.3, 0.4) is 0 Å². The van der Waals surface area contributed by atoms with Crippen LogP contribution in [0.2, 0.25) is 0 Å². The molecule has 0 atom stereocenters. The first kappa shape index (κ1) is 20.5. The van der Waals surface area contributed by atoms with Gasteiger partial charge in [-0.15, -0.1) is 0 Å². The summed E-state index contributed by atoms with van der Waals surface area (Å²) in [5.41, 5.74) is 0.620. The van der Waals surface area contributed by atoms with Crippen LogP contribution in [0.5, 0.6) is 11.5 Å². The summed E-state index contributed by atoms with van der Waals surface area (Å²) in [6.07, 6.45) is 2.59. The van der Waals surface area contributed by atoms with Gasteiger partial charge >= 0.3 is 12.0 Å². The minimum atomic E-state index is -0.750. The number of ether oxygens (including phenoxy) is 3. The van der Waals surface area contributed by atoms with Crippen LogP contribution in [0.15, 0.2) is 24.3 Å². The molecule has 0 saturated carbocycles. The molecule has 0 aliphatic carbocycles. The molecule has 0 saturated heterocycles. The van der Waals surface area contributed by atoms with Crippen molar-refractivity contribution in [1.82, 2.24) is 10.6 Å². The number of carbonyl (C=O) groups is 3. The van der Waals surface area contributed by atoms with E-state index in [1.165, 1.54) is 13.2 Å². The Morgan fingerprint density at radius 1 is 1.27 bits per heavy atom. The van der Waals surface area contributed by atoms with Crippen molar-refractivity contribution in [3.05, 3.63) is 29.8 Å². The molecule has 3 amide bonds. The van der Waals surface area contributed by atoms with Gasteiger partial charge in [0.1, 0.15) is 6.07 Å². The van der Waals surface area contributed by atoms with Crippen molar-refractivity contribution in [2.75, 3.05) is 26.9 Å². The zero-order valence-corrected chi connectivity index (χ0v) is 14.4. The van der Waals surface area contributed by atoms with Gasteiger partial charge in [-0.3, -0.25) is 10.1 Å². The lowest BCUT2D eigenvalue weighted by atomic mass is 10.2. The zero-order chi connectivity index (χ0) is 19.4. The molecule has 0 unspecified atom stereocenters. The van der Waals surface area contributed by atoms with Gasteiger partial charge in [0, 0.05) is 12.6 Å². The van der Waals surface area contributed by atoms with E-state index < -0.39 is 24.5 Å². The fraction of sp³-hybridized carbons (Fsp3) is 0.294.